The molecule has 0 fully saturated rings. The Labute approximate surface area is 254 Å². The lowest BCUT2D eigenvalue weighted by Crippen LogP contribution is -2.23. The van der Waals surface area contributed by atoms with Gasteiger partial charge >= 0.3 is 10.3 Å². The lowest BCUT2D eigenvalue weighted by atomic mass is 10.2. The molecule has 3 aromatic heterocycles. The van der Waals surface area contributed by atoms with Crippen LogP contribution < -0.4 is 15.4 Å². The monoisotopic (exact) mass is 719 g/mol. The summed E-state index contributed by atoms with van der Waals surface area (Å²) >= 11 is 0.991. The minimum atomic E-state index is -4.81. The number of pyridine rings is 1. The highest BCUT2D eigenvalue weighted by atomic mass is 127. The molecule has 0 spiro atoms. The van der Waals surface area contributed by atoms with Gasteiger partial charge in [0, 0.05) is 55.0 Å². The molecule has 0 bridgehead atoms. The van der Waals surface area contributed by atoms with Crippen LogP contribution in [0.4, 0.5) is 22.0 Å². The smallest absolute Gasteiger partial charge is 0.406 e. The van der Waals surface area contributed by atoms with Gasteiger partial charge in [-0.15, -0.1) is 23.4 Å². The summed E-state index contributed by atoms with van der Waals surface area (Å²) in [6.07, 6.45) is 0.663. The van der Waals surface area contributed by atoms with Gasteiger partial charge in [0.05, 0.1) is 12.4 Å². The molecular formula is C25H23F5IN9O3. The van der Waals surface area contributed by atoms with E-state index in [1.165, 1.54) is 52.2 Å². The molecule has 43 heavy (non-hydrogen) atoms. The summed E-state index contributed by atoms with van der Waals surface area (Å²) in [4.78, 5) is 28.4. The second-order valence-electron chi connectivity index (χ2n) is 9.05. The Morgan fingerprint density at radius 2 is 1.42 bits per heavy atom. The molecule has 18 heteroatoms. The van der Waals surface area contributed by atoms with E-state index < -0.39 is 22.1 Å². The van der Waals surface area contributed by atoms with Crippen LogP contribution in [0.2, 0.25) is 0 Å². The second kappa shape index (κ2) is 13.8. The van der Waals surface area contributed by atoms with E-state index in [2.05, 4.69) is 41.0 Å². The van der Waals surface area contributed by atoms with Crippen molar-refractivity contribution < 1.29 is 36.3 Å². The zero-order valence-electron chi connectivity index (χ0n) is 22.1. The van der Waals surface area contributed by atoms with Gasteiger partial charge in [-0.1, -0.05) is 28.6 Å². The Balaban J connectivity index is 1.16. The van der Waals surface area contributed by atoms with Crippen LogP contribution in [0.5, 0.6) is 5.75 Å². The third-order valence-electron chi connectivity index (χ3n) is 5.72. The number of aryl methyl sites for hydroxylation is 2. The summed E-state index contributed by atoms with van der Waals surface area (Å²) in [6, 6.07) is 7.91. The average Bonchev–Trinajstić information content (AvgIpc) is 3.62. The molecular weight excluding hydrogens is 696 g/mol. The van der Waals surface area contributed by atoms with E-state index in [1.807, 2.05) is 0 Å². The summed E-state index contributed by atoms with van der Waals surface area (Å²) in [5, 5.41) is 20.7. The number of amides is 2. The number of ether oxygens (including phenoxy) is 1. The van der Waals surface area contributed by atoms with Crippen LogP contribution in [0.15, 0.2) is 55.0 Å². The van der Waals surface area contributed by atoms with Crippen LogP contribution in [0.3, 0.4) is 0 Å². The summed E-state index contributed by atoms with van der Waals surface area (Å²) in [7, 11) is 0. The molecule has 0 aliphatic heterocycles. The van der Waals surface area contributed by atoms with Gasteiger partial charge in [-0.2, -0.15) is 8.78 Å². The third kappa shape index (κ3) is 9.93. The SMILES string of the molecule is O=C(NCc1ccc(C(F)(F)I)nc1)c1cn(CCCCn2cc(C(=O)NCc3cccc(OC(F)(F)F)c3)nn2)nn1. The number of hydrogen-bond acceptors (Lipinski definition) is 8. The number of halogens is 6. The predicted molar refractivity (Wildman–Crippen MR) is 147 cm³/mol. The highest BCUT2D eigenvalue weighted by Gasteiger charge is 2.31. The summed E-state index contributed by atoms with van der Waals surface area (Å²) in [5.41, 5.74) is 0.717. The lowest BCUT2D eigenvalue weighted by molar-refractivity contribution is -0.274. The van der Waals surface area contributed by atoms with Crippen molar-refractivity contribution in [3.8, 4) is 5.75 Å². The Morgan fingerprint density at radius 3 is 1.93 bits per heavy atom. The van der Waals surface area contributed by atoms with Crippen molar-refractivity contribution in [3.63, 3.8) is 0 Å². The maximum absolute atomic E-state index is 13.3. The predicted octanol–water partition coefficient (Wildman–Crippen LogP) is 3.99. The van der Waals surface area contributed by atoms with Crippen molar-refractivity contribution in [1.82, 2.24) is 45.6 Å². The molecule has 2 amide bonds. The number of hydrogen-bond donors (Lipinski definition) is 2. The topological polar surface area (TPSA) is 142 Å². The number of nitrogens with zero attached hydrogens (tertiary/aromatic N) is 7. The molecule has 0 unspecified atom stereocenters. The fourth-order valence-corrected chi connectivity index (χ4v) is 3.99. The van der Waals surface area contributed by atoms with E-state index in [0.717, 1.165) is 28.7 Å². The number of rotatable bonds is 13. The Hall–Kier alpha value is -4.23. The summed E-state index contributed by atoms with van der Waals surface area (Å²) < 4.78 is 67.5. The molecule has 0 atom stereocenters. The van der Waals surface area contributed by atoms with Gasteiger partial charge in [0.1, 0.15) is 11.4 Å². The molecule has 2 N–H and O–H groups in total. The van der Waals surface area contributed by atoms with Crippen LogP contribution in [-0.2, 0) is 30.1 Å². The molecule has 0 aliphatic rings. The normalized spacial score (nSPS) is 11.8. The van der Waals surface area contributed by atoms with E-state index >= 15 is 0 Å². The number of benzene rings is 1. The molecule has 4 rings (SSSR count). The Kier molecular flexibility index (Phi) is 10.2. The molecule has 4 aromatic rings. The molecule has 0 saturated carbocycles. The fraction of sp³-hybridized carbons (Fsp3) is 0.320. The zero-order chi connectivity index (χ0) is 31.0. The van der Waals surface area contributed by atoms with Crippen molar-refractivity contribution in [3.05, 3.63) is 83.2 Å². The number of nitrogens with one attached hydrogen (secondary N) is 2. The van der Waals surface area contributed by atoms with Crippen molar-refractivity contribution in [2.24, 2.45) is 0 Å². The first-order valence-electron chi connectivity index (χ1n) is 12.6. The molecule has 1 aromatic carbocycles. The van der Waals surface area contributed by atoms with E-state index in [9.17, 15) is 31.5 Å². The first-order valence-corrected chi connectivity index (χ1v) is 13.7. The van der Waals surface area contributed by atoms with Crippen LogP contribution in [0.1, 0.15) is 50.6 Å². The van der Waals surface area contributed by atoms with Gasteiger partial charge in [0.15, 0.2) is 11.4 Å². The van der Waals surface area contributed by atoms with Crippen LogP contribution >= 0.6 is 22.6 Å². The van der Waals surface area contributed by atoms with Crippen molar-refractivity contribution in [2.75, 3.05) is 0 Å². The maximum atomic E-state index is 13.3. The summed E-state index contributed by atoms with van der Waals surface area (Å²) in [5.74, 6) is -1.41. The zero-order valence-corrected chi connectivity index (χ0v) is 24.2. The van der Waals surface area contributed by atoms with Gasteiger partial charge in [-0.25, -0.2) is 0 Å². The minimum Gasteiger partial charge on any atom is -0.406 e. The number of carbonyl (C=O) groups is 2. The van der Waals surface area contributed by atoms with Crippen molar-refractivity contribution >= 4 is 34.4 Å². The molecule has 0 saturated heterocycles. The highest BCUT2D eigenvalue weighted by molar-refractivity contribution is 14.1. The maximum Gasteiger partial charge on any atom is 0.573 e. The van der Waals surface area contributed by atoms with Gasteiger partial charge in [0.2, 0.25) is 0 Å². The second-order valence-corrected chi connectivity index (χ2v) is 10.4. The van der Waals surface area contributed by atoms with E-state index in [1.54, 1.807) is 6.07 Å². The molecule has 228 valence electrons. The largest absolute Gasteiger partial charge is 0.573 e. The molecule has 12 nitrogen and oxygen atoms in total. The highest BCUT2D eigenvalue weighted by Crippen LogP contribution is 2.33. The molecule has 0 aliphatic carbocycles. The quantitative estimate of drug-likeness (QED) is 0.0916. The van der Waals surface area contributed by atoms with Crippen molar-refractivity contribution in [1.29, 1.82) is 0 Å². The number of aromatic nitrogens is 7. The van der Waals surface area contributed by atoms with Crippen LogP contribution in [-0.4, -0.2) is 53.1 Å². The number of carbonyl (C=O) groups excluding carboxylic acids is 2. The van der Waals surface area contributed by atoms with E-state index in [0.29, 0.717) is 37.1 Å². The van der Waals surface area contributed by atoms with E-state index in [-0.39, 0.29) is 35.9 Å². The lowest BCUT2D eigenvalue weighted by Gasteiger charge is -2.10. The fourth-order valence-electron chi connectivity index (χ4n) is 3.67. The van der Waals surface area contributed by atoms with Gasteiger partial charge in [0.25, 0.3) is 11.8 Å². The molecule has 3 heterocycles. The number of unbranched alkanes of at least 4 members (excludes halogenated alkanes) is 1. The summed E-state index contributed by atoms with van der Waals surface area (Å²) in [6.45, 7) is 0.932. The minimum absolute atomic E-state index is 0.0385. The third-order valence-corrected chi connectivity index (χ3v) is 6.27. The molecule has 0 radical (unpaired) electrons. The first kappa shape index (κ1) is 31.7. The first-order chi connectivity index (χ1) is 20.4. The Morgan fingerprint density at radius 1 is 0.837 bits per heavy atom. The average molecular weight is 719 g/mol. The standard InChI is InChI=1S/C25H23F5IN9O3/c26-24(27,31)21-7-6-17(12-32-21)13-34-23(42)20-15-40(38-36-20)9-2-1-8-39-14-19(35-37-39)22(41)33-11-16-4-3-5-18(10-16)43-25(28,29)30/h3-7,10,12,14-15H,1-2,8-9,11,13H2,(H,33,41)(H,34,42). The van der Waals surface area contributed by atoms with E-state index in [4.69, 9.17) is 0 Å². The van der Waals surface area contributed by atoms with Gasteiger partial charge in [-0.05, 0) is 42.2 Å². The Bertz CT molecular complexity index is 1540. The number of alkyl halides is 6. The van der Waals surface area contributed by atoms with Crippen LogP contribution in [0, 0.1) is 0 Å². The van der Waals surface area contributed by atoms with Crippen LogP contribution in [0.25, 0.3) is 0 Å². The van der Waals surface area contributed by atoms with Gasteiger partial charge < -0.3 is 15.4 Å². The van der Waals surface area contributed by atoms with Crippen molar-refractivity contribution in [2.45, 2.75) is 49.3 Å². The van der Waals surface area contributed by atoms with Gasteiger partial charge in [-0.3, -0.25) is 23.9 Å².